The number of halogens is 4. The zero-order valence-electron chi connectivity index (χ0n) is 19.6. The van der Waals surface area contributed by atoms with Crippen molar-refractivity contribution in [1.82, 2.24) is 20.3 Å². The summed E-state index contributed by atoms with van der Waals surface area (Å²) in [5.74, 6) is -0.794. The van der Waals surface area contributed by atoms with Gasteiger partial charge < -0.3 is 10.4 Å². The number of rotatable bonds is 8. The van der Waals surface area contributed by atoms with Crippen LogP contribution in [0.4, 0.5) is 13.2 Å². The summed E-state index contributed by atoms with van der Waals surface area (Å²) in [5.41, 5.74) is 0.103. The van der Waals surface area contributed by atoms with E-state index in [0.29, 0.717) is 16.7 Å². The molecule has 1 aromatic heterocycles. The Hall–Kier alpha value is -3.20. The quantitative estimate of drug-likeness (QED) is 0.384. The van der Waals surface area contributed by atoms with Crippen molar-refractivity contribution in [3.05, 3.63) is 58.6 Å². The molecule has 0 fully saturated rings. The van der Waals surface area contributed by atoms with Crippen molar-refractivity contribution in [3.63, 3.8) is 0 Å². The van der Waals surface area contributed by atoms with Crippen LogP contribution in [0.15, 0.2) is 42.5 Å². The van der Waals surface area contributed by atoms with E-state index < -0.39 is 23.5 Å². The molecular formula is C25H26ClF3N4O2. The lowest BCUT2D eigenvalue weighted by Gasteiger charge is -2.26. The Kier molecular flexibility index (Phi) is 8.00. The number of benzene rings is 2. The predicted octanol–water partition coefficient (Wildman–Crippen LogP) is 6.11. The number of carbonyl (C=O) groups is 1. The first-order valence-corrected chi connectivity index (χ1v) is 11.5. The number of amides is 1. The summed E-state index contributed by atoms with van der Waals surface area (Å²) in [6.45, 7) is 3.59. The SMILES string of the molecule is CCCCc1cccc(-c2nc(O)nc(-c3cc(CNC(=O)C(C)(C)C(F)(F)F)ccc3Cl)n2)c1. The van der Waals surface area contributed by atoms with E-state index in [-0.39, 0.29) is 23.2 Å². The summed E-state index contributed by atoms with van der Waals surface area (Å²) < 4.78 is 39.4. The van der Waals surface area contributed by atoms with E-state index >= 15 is 0 Å². The van der Waals surface area contributed by atoms with E-state index in [1.165, 1.54) is 6.07 Å². The van der Waals surface area contributed by atoms with Crippen LogP contribution in [-0.4, -0.2) is 32.1 Å². The Bertz CT molecular complexity index is 1220. The molecule has 0 aliphatic rings. The first-order valence-electron chi connectivity index (χ1n) is 11.1. The summed E-state index contributed by atoms with van der Waals surface area (Å²) in [6.07, 6.45) is -1.69. The van der Waals surface area contributed by atoms with Gasteiger partial charge in [-0.25, -0.2) is 4.98 Å². The number of unbranched alkanes of at least 4 members (excludes halogenated alkanes) is 1. The molecule has 0 bridgehead atoms. The Labute approximate surface area is 206 Å². The molecule has 0 saturated heterocycles. The molecule has 186 valence electrons. The third-order valence-electron chi connectivity index (χ3n) is 5.63. The van der Waals surface area contributed by atoms with Crippen LogP contribution in [0.3, 0.4) is 0 Å². The number of nitrogens with one attached hydrogen (secondary N) is 1. The summed E-state index contributed by atoms with van der Waals surface area (Å²) >= 11 is 6.34. The van der Waals surface area contributed by atoms with Crippen molar-refractivity contribution in [2.75, 3.05) is 0 Å². The zero-order chi connectivity index (χ0) is 25.8. The van der Waals surface area contributed by atoms with Crippen LogP contribution < -0.4 is 5.32 Å². The fourth-order valence-electron chi connectivity index (χ4n) is 3.25. The van der Waals surface area contributed by atoms with E-state index in [4.69, 9.17) is 11.6 Å². The number of aromatic nitrogens is 3. The Balaban J connectivity index is 1.89. The molecule has 2 N–H and O–H groups in total. The summed E-state index contributed by atoms with van der Waals surface area (Å²) in [4.78, 5) is 24.6. The number of carbonyl (C=O) groups excluding carboxylic acids is 1. The van der Waals surface area contributed by atoms with Gasteiger partial charge in [-0.15, -0.1) is 0 Å². The zero-order valence-corrected chi connectivity index (χ0v) is 20.3. The first kappa shape index (κ1) is 26.4. The first-order chi connectivity index (χ1) is 16.4. The van der Waals surface area contributed by atoms with Crippen molar-refractivity contribution in [3.8, 4) is 28.8 Å². The van der Waals surface area contributed by atoms with Crippen LogP contribution in [0.1, 0.15) is 44.7 Å². The van der Waals surface area contributed by atoms with Gasteiger partial charge in [-0.3, -0.25) is 4.79 Å². The van der Waals surface area contributed by atoms with E-state index in [2.05, 4.69) is 27.2 Å². The minimum Gasteiger partial charge on any atom is -0.479 e. The van der Waals surface area contributed by atoms with Gasteiger partial charge in [-0.05, 0) is 56.0 Å². The summed E-state index contributed by atoms with van der Waals surface area (Å²) in [5, 5.41) is 12.7. The van der Waals surface area contributed by atoms with Gasteiger partial charge in [0, 0.05) is 17.7 Å². The van der Waals surface area contributed by atoms with Gasteiger partial charge in [0.2, 0.25) is 5.91 Å². The van der Waals surface area contributed by atoms with Crippen molar-refractivity contribution < 1.29 is 23.1 Å². The van der Waals surface area contributed by atoms with Gasteiger partial charge in [-0.1, -0.05) is 49.2 Å². The monoisotopic (exact) mass is 506 g/mol. The smallest absolute Gasteiger partial charge is 0.402 e. The van der Waals surface area contributed by atoms with E-state index in [9.17, 15) is 23.1 Å². The number of aryl methyl sites for hydroxylation is 1. The molecule has 0 atom stereocenters. The molecule has 6 nitrogen and oxygen atoms in total. The molecule has 0 unspecified atom stereocenters. The van der Waals surface area contributed by atoms with Gasteiger partial charge in [0.15, 0.2) is 11.6 Å². The maximum atomic E-state index is 13.1. The highest BCUT2D eigenvalue weighted by Crippen LogP contribution is 2.37. The molecule has 10 heteroatoms. The third kappa shape index (κ3) is 6.28. The van der Waals surface area contributed by atoms with E-state index in [1.54, 1.807) is 12.1 Å². The maximum absolute atomic E-state index is 13.1. The Morgan fingerprint density at radius 3 is 2.43 bits per heavy atom. The van der Waals surface area contributed by atoms with Crippen LogP contribution in [0.2, 0.25) is 5.02 Å². The lowest BCUT2D eigenvalue weighted by atomic mass is 9.91. The van der Waals surface area contributed by atoms with E-state index in [1.807, 2.05) is 24.3 Å². The summed E-state index contributed by atoms with van der Waals surface area (Å²) in [6, 6.07) is 11.8. The van der Waals surface area contributed by atoms with Crippen LogP contribution >= 0.6 is 11.6 Å². The van der Waals surface area contributed by atoms with Crippen molar-refractivity contribution in [2.24, 2.45) is 5.41 Å². The fourth-order valence-corrected chi connectivity index (χ4v) is 3.45. The highest BCUT2D eigenvalue weighted by Gasteiger charge is 2.52. The van der Waals surface area contributed by atoms with Crippen molar-refractivity contribution >= 4 is 17.5 Å². The molecular weight excluding hydrogens is 481 g/mol. The van der Waals surface area contributed by atoms with E-state index in [0.717, 1.165) is 38.7 Å². The molecule has 1 heterocycles. The average molecular weight is 507 g/mol. The molecule has 1 amide bonds. The summed E-state index contributed by atoms with van der Waals surface area (Å²) in [7, 11) is 0. The van der Waals surface area contributed by atoms with Crippen LogP contribution in [0, 0.1) is 5.41 Å². The molecule has 0 spiro atoms. The largest absolute Gasteiger partial charge is 0.479 e. The van der Waals surface area contributed by atoms with Crippen molar-refractivity contribution in [2.45, 2.75) is 52.8 Å². The van der Waals surface area contributed by atoms with Crippen LogP contribution in [0.25, 0.3) is 22.8 Å². The van der Waals surface area contributed by atoms with Gasteiger partial charge in [0.05, 0.1) is 5.02 Å². The van der Waals surface area contributed by atoms with Crippen LogP contribution in [0.5, 0.6) is 6.01 Å². The van der Waals surface area contributed by atoms with Gasteiger partial charge in [0.25, 0.3) is 0 Å². The fraction of sp³-hybridized carbons (Fsp3) is 0.360. The van der Waals surface area contributed by atoms with Gasteiger partial charge in [-0.2, -0.15) is 23.1 Å². The average Bonchev–Trinajstić information content (AvgIpc) is 2.81. The molecule has 2 aromatic carbocycles. The van der Waals surface area contributed by atoms with Gasteiger partial charge >= 0.3 is 12.2 Å². The topological polar surface area (TPSA) is 88.0 Å². The highest BCUT2D eigenvalue weighted by atomic mass is 35.5. The standard InChI is InChI=1S/C25H26ClF3N4O2/c1-4-5-7-15-8-6-9-17(12-15)20-31-21(33-23(35)32-20)18-13-16(10-11-19(18)26)14-30-22(34)24(2,3)25(27,28)29/h6,8-13H,4-5,7,14H2,1-3H3,(H,30,34)(H,31,32,33,35). The third-order valence-corrected chi connectivity index (χ3v) is 5.96. The number of aromatic hydroxyl groups is 1. The highest BCUT2D eigenvalue weighted by molar-refractivity contribution is 6.33. The minimum absolute atomic E-state index is 0.0975. The molecule has 3 aromatic rings. The molecule has 0 aliphatic carbocycles. The molecule has 35 heavy (non-hydrogen) atoms. The number of alkyl halides is 3. The number of hydrogen-bond acceptors (Lipinski definition) is 5. The number of hydrogen-bond donors (Lipinski definition) is 2. The van der Waals surface area contributed by atoms with Crippen LogP contribution in [-0.2, 0) is 17.8 Å². The predicted molar refractivity (Wildman–Crippen MR) is 128 cm³/mol. The molecule has 3 rings (SSSR count). The maximum Gasteiger partial charge on any atom is 0.402 e. The second-order valence-electron chi connectivity index (χ2n) is 8.71. The minimum atomic E-state index is -4.69. The van der Waals surface area contributed by atoms with Crippen molar-refractivity contribution in [1.29, 1.82) is 0 Å². The lowest BCUT2D eigenvalue weighted by molar-refractivity contribution is -0.211. The van der Waals surface area contributed by atoms with Gasteiger partial charge in [0.1, 0.15) is 5.41 Å². The second-order valence-corrected chi connectivity index (χ2v) is 9.11. The normalized spacial score (nSPS) is 12.0. The molecule has 0 saturated carbocycles. The number of nitrogens with zero attached hydrogens (tertiary/aromatic N) is 3. The lowest BCUT2D eigenvalue weighted by Crippen LogP contribution is -2.46. The Morgan fingerprint density at radius 1 is 1.03 bits per heavy atom. The second kappa shape index (κ2) is 10.6. The molecule has 0 aliphatic heterocycles. The Morgan fingerprint density at radius 2 is 1.74 bits per heavy atom. The molecule has 0 radical (unpaired) electrons.